The van der Waals surface area contributed by atoms with Gasteiger partial charge >= 0.3 is 5.97 Å². The highest BCUT2D eigenvalue weighted by atomic mass is 19.1. The van der Waals surface area contributed by atoms with Crippen LogP contribution in [-0.2, 0) is 4.74 Å². The summed E-state index contributed by atoms with van der Waals surface area (Å²) in [6.07, 6.45) is 11.2. The molecule has 0 amide bonds. The van der Waals surface area contributed by atoms with Gasteiger partial charge in [0.25, 0.3) is 0 Å². The molecule has 158 valence electrons. The zero-order valence-corrected chi connectivity index (χ0v) is 17.6. The number of esters is 1. The van der Waals surface area contributed by atoms with Crippen molar-refractivity contribution in [3.63, 3.8) is 0 Å². The highest BCUT2D eigenvalue weighted by Crippen LogP contribution is 2.58. The van der Waals surface area contributed by atoms with Gasteiger partial charge < -0.3 is 9.64 Å². The van der Waals surface area contributed by atoms with Crippen molar-refractivity contribution in [2.75, 3.05) is 18.1 Å². The van der Waals surface area contributed by atoms with Crippen molar-refractivity contribution in [1.29, 1.82) is 0 Å². The molecule has 4 aliphatic rings. The summed E-state index contributed by atoms with van der Waals surface area (Å²) >= 11 is 0. The van der Waals surface area contributed by atoms with Crippen LogP contribution in [0.2, 0.25) is 0 Å². The lowest BCUT2D eigenvalue weighted by Crippen LogP contribution is -2.46. The first kappa shape index (κ1) is 18.9. The largest absolute Gasteiger partial charge is 0.462 e. The van der Waals surface area contributed by atoms with Crippen LogP contribution in [0.4, 0.5) is 10.1 Å². The van der Waals surface area contributed by atoms with Crippen molar-refractivity contribution in [2.45, 2.75) is 37.6 Å². The van der Waals surface area contributed by atoms with Gasteiger partial charge in [-0.3, -0.25) is 0 Å². The lowest BCUT2D eigenvalue weighted by molar-refractivity contribution is 0.0526. The Hall–Kier alpha value is -2.88. The second-order valence-electron chi connectivity index (χ2n) is 9.18. The maximum Gasteiger partial charge on any atom is 0.338 e. The Kier molecular flexibility index (Phi) is 4.31. The fraction of sp³-hybridized carbons (Fsp3) is 0.370. The molecule has 4 heteroatoms. The van der Waals surface area contributed by atoms with Crippen LogP contribution in [0.1, 0.15) is 64.7 Å². The van der Waals surface area contributed by atoms with E-state index in [1.165, 1.54) is 22.4 Å². The summed E-state index contributed by atoms with van der Waals surface area (Å²) in [6, 6.07) is 11.4. The van der Waals surface area contributed by atoms with E-state index in [1.807, 2.05) is 19.1 Å². The molecule has 2 aliphatic heterocycles. The summed E-state index contributed by atoms with van der Waals surface area (Å²) < 4.78 is 19.1. The lowest BCUT2D eigenvalue weighted by Gasteiger charge is -2.51. The lowest BCUT2D eigenvalue weighted by atomic mass is 9.70. The van der Waals surface area contributed by atoms with E-state index in [-0.39, 0.29) is 23.7 Å². The van der Waals surface area contributed by atoms with Crippen LogP contribution >= 0.6 is 0 Å². The maximum absolute atomic E-state index is 13.7. The first-order valence-electron chi connectivity index (χ1n) is 11.4. The molecule has 5 atom stereocenters. The number of hydrogen-bond donors (Lipinski definition) is 0. The molecule has 2 heterocycles. The fourth-order valence-corrected chi connectivity index (χ4v) is 6.35. The number of nitrogens with zero attached hydrogens (tertiary/aromatic N) is 1. The molecule has 2 aromatic rings. The second kappa shape index (κ2) is 7.08. The predicted molar refractivity (Wildman–Crippen MR) is 119 cm³/mol. The topological polar surface area (TPSA) is 29.5 Å². The highest BCUT2D eigenvalue weighted by molar-refractivity contribution is 5.92. The number of halogens is 1. The van der Waals surface area contributed by atoms with E-state index >= 15 is 0 Å². The average molecular weight is 416 g/mol. The molecule has 0 fully saturated rings. The normalized spacial score (nSPS) is 29.5. The Morgan fingerprint density at radius 2 is 1.77 bits per heavy atom. The van der Waals surface area contributed by atoms with Gasteiger partial charge in [-0.2, -0.15) is 0 Å². The van der Waals surface area contributed by atoms with Gasteiger partial charge in [0, 0.05) is 24.1 Å². The van der Waals surface area contributed by atoms with Crippen molar-refractivity contribution in [3.8, 4) is 0 Å². The molecule has 0 saturated carbocycles. The van der Waals surface area contributed by atoms with Crippen molar-refractivity contribution < 1.29 is 13.9 Å². The van der Waals surface area contributed by atoms with Crippen molar-refractivity contribution in [3.05, 3.63) is 88.8 Å². The number of carbonyl (C=O) groups is 1. The number of carbonyl (C=O) groups excluding carboxylic acids is 1. The van der Waals surface area contributed by atoms with Crippen LogP contribution in [0, 0.1) is 17.7 Å². The molecule has 0 spiro atoms. The van der Waals surface area contributed by atoms with Crippen LogP contribution in [-0.4, -0.2) is 19.1 Å². The number of ether oxygens (including phenoxy) is 1. The molecular weight excluding hydrogens is 389 g/mol. The average Bonchev–Trinajstić information content (AvgIpc) is 3.44. The summed E-state index contributed by atoms with van der Waals surface area (Å²) in [4.78, 5) is 15.3. The van der Waals surface area contributed by atoms with Crippen LogP contribution in [0.5, 0.6) is 0 Å². The van der Waals surface area contributed by atoms with Crippen LogP contribution in [0.3, 0.4) is 0 Å². The van der Waals surface area contributed by atoms with Crippen LogP contribution in [0.25, 0.3) is 0 Å². The zero-order chi connectivity index (χ0) is 21.1. The van der Waals surface area contributed by atoms with Gasteiger partial charge in [-0.05, 0) is 72.6 Å². The minimum absolute atomic E-state index is 0.195. The summed E-state index contributed by atoms with van der Waals surface area (Å²) in [5.74, 6) is 1.06. The Morgan fingerprint density at radius 3 is 2.55 bits per heavy atom. The Balaban J connectivity index is 1.56. The van der Waals surface area contributed by atoms with E-state index in [1.54, 1.807) is 12.1 Å². The van der Waals surface area contributed by atoms with Gasteiger partial charge in [0.15, 0.2) is 0 Å². The highest BCUT2D eigenvalue weighted by Gasteiger charge is 2.48. The monoisotopic (exact) mass is 415 g/mol. The van der Waals surface area contributed by atoms with Gasteiger partial charge in [0.1, 0.15) is 5.82 Å². The van der Waals surface area contributed by atoms with E-state index in [0.717, 1.165) is 19.4 Å². The van der Waals surface area contributed by atoms with E-state index in [4.69, 9.17) is 4.74 Å². The molecule has 0 N–H and O–H groups in total. The molecule has 0 bridgehead atoms. The molecule has 0 saturated heterocycles. The minimum atomic E-state index is -0.239. The summed E-state index contributed by atoms with van der Waals surface area (Å²) in [5.41, 5.74) is 5.61. The predicted octanol–water partition coefficient (Wildman–Crippen LogP) is 5.90. The zero-order valence-electron chi connectivity index (χ0n) is 17.6. The van der Waals surface area contributed by atoms with Gasteiger partial charge in [0.05, 0.1) is 18.2 Å². The number of rotatable bonds is 3. The molecule has 2 aliphatic carbocycles. The Bertz CT molecular complexity index is 1090. The standard InChI is InChI=1S/C27H26FNO2/c1-2-31-27(30)18-13-23-20-6-3-5-17(20)15-29-25(16-9-11-19(28)12-10-16)22-8-4-7-21(22)24(14-18)26(23)29/h3-4,6-7,9-14,17,20-22,25H,2,5,8,15H2,1H3/t17-,20-,21+,22-,25-/m1/s1. The molecule has 0 radical (unpaired) electrons. The van der Waals surface area contributed by atoms with E-state index in [0.29, 0.717) is 29.9 Å². The molecule has 0 unspecified atom stereocenters. The first-order valence-corrected chi connectivity index (χ1v) is 11.4. The summed E-state index contributed by atoms with van der Waals surface area (Å²) in [6.45, 7) is 3.21. The van der Waals surface area contributed by atoms with E-state index in [2.05, 4.69) is 41.3 Å². The van der Waals surface area contributed by atoms with Crippen molar-refractivity contribution >= 4 is 11.7 Å². The smallest absolute Gasteiger partial charge is 0.338 e. The fourth-order valence-electron chi connectivity index (χ4n) is 6.35. The quantitative estimate of drug-likeness (QED) is 0.462. The molecule has 3 nitrogen and oxygen atoms in total. The molecule has 2 aromatic carbocycles. The third kappa shape index (κ3) is 2.80. The molecule has 6 rings (SSSR count). The van der Waals surface area contributed by atoms with Crippen LogP contribution in [0.15, 0.2) is 60.7 Å². The number of anilines is 1. The molecule has 31 heavy (non-hydrogen) atoms. The number of hydrogen-bond acceptors (Lipinski definition) is 3. The third-order valence-corrected chi connectivity index (χ3v) is 7.57. The third-order valence-electron chi connectivity index (χ3n) is 7.57. The van der Waals surface area contributed by atoms with Gasteiger partial charge in [0.2, 0.25) is 0 Å². The molecular formula is C27H26FNO2. The minimum Gasteiger partial charge on any atom is -0.462 e. The Morgan fingerprint density at radius 1 is 1.06 bits per heavy atom. The Labute approximate surface area is 182 Å². The first-order chi connectivity index (χ1) is 15.2. The number of fused-ring (bicyclic) bond motifs is 4. The van der Waals surface area contributed by atoms with Gasteiger partial charge in [-0.15, -0.1) is 0 Å². The van der Waals surface area contributed by atoms with E-state index in [9.17, 15) is 9.18 Å². The van der Waals surface area contributed by atoms with E-state index < -0.39 is 0 Å². The number of benzene rings is 2. The van der Waals surface area contributed by atoms with Gasteiger partial charge in [-0.25, -0.2) is 9.18 Å². The van der Waals surface area contributed by atoms with Crippen molar-refractivity contribution in [2.24, 2.45) is 11.8 Å². The maximum atomic E-state index is 13.7. The number of allylic oxidation sites excluding steroid dienone is 4. The second-order valence-corrected chi connectivity index (χ2v) is 9.18. The molecule has 0 aromatic heterocycles. The van der Waals surface area contributed by atoms with Gasteiger partial charge in [-0.1, -0.05) is 36.4 Å². The summed E-state index contributed by atoms with van der Waals surface area (Å²) in [5, 5.41) is 0. The SMILES string of the molecule is CCOC(=O)c1cc2c3c(c1)[C@@H]1C=CC[C@@H]1CN3[C@H](c1ccc(F)cc1)[C@@H]1CC=C[C@H]21. The summed E-state index contributed by atoms with van der Waals surface area (Å²) in [7, 11) is 0. The van der Waals surface area contributed by atoms with Crippen LogP contribution < -0.4 is 4.90 Å². The van der Waals surface area contributed by atoms with Crippen molar-refractivity contribution in [1.82, 2.24) is 0 Å².